The number of carbonyl (C=O) groups excluding carboxylic acids is 1. The van der Waals surface area contributed by atoms with Crippen LogP contribution in [0.15, 0.2) is 22.6 Å². The van der Waals surface area contributed by atoms with Gasteiger partial charge in [-0.2, -0.15) is 0 Å². The van der Waals surface area contributed by atoms with Crippen LogP contribution in [-0.4, -0.2) is 17.4 Å². The number of carbonyl (C=O) groups is 1. The van der Waals surface area contributed by atoms with E-state index in [0.717, 1.165) is 11.1 Å². The third-order valence-corrected chi connectivity index (χ3v) is 3.93. The summed E-state index contributed by atoms with van der Waals surface area (Å²) in [6.45, 7) is 8.21. The van der Waals surface area contributed by atoms with Crippen molar-refractivity contribution in [3.05, 3.63) is 24.1 Å². The van der Waals surface area contributed by atoms with Crippen molar-refractivity contribution in [1.82, 2.24) is 4.98 Å². The molecule has 0 radical (unpaired) electrons. The highest BCUT2D eigenvalue weighted by Gasteiger charge is 2.29. The third kappa shape index (κ3) is 3.08. The van der Waals surface area contributed by atoms with E-state index in [9.17, 15) is 4.79 Å². The molecule has 1 unspecified atom stereocenters. The third-order valence-electron chi connectivity index (χ3n) is 3.93. The van der Waals surface area contributed by atoms with Gasteiger partial charge in [-0.25, -0.2) is 4.98 Å². The molecule has 2 rings (SSSR count). The van der Waals surface area contributed by atoms with E-state index < -0.39 is 5.41 Å². The highest BCUT2D eigenvalue weighted by molar-refractivity contribution is 5.96. The molecule has 5 heteroatoms. The van der Waals surface area contributed by atoms with Gasteiger partial charge in [-0.3, -0.25) is 4.79 Å². The van der Waals surface area contributed by atoms with Crippen LogP contribution in [0, 0.1) is 5.41 Å². The minimum Gasteiger partial charge on any atom is -0.440 e. The van der Waals surface area contributed by atoms with Gasteiger partial charge in [0.1, 0.15) is 5.52 Å². The van der Waals surface area contributed by atoms with Gasteiger partial charge in [0, 0.05) is 18.2 Å². The van der Waals surface area contributed by atoms with Crippen molar-refractivity contribution in [3.8, 4) is 0 Å². The number of anilines is 1. The van der Waals surface area contributed by atoms with Crippen LogP contribution in [-0.2, 0) is 4.79 Å². The van der Waals surface area contributed by atoms with E-state index in [0.29, 0.717) is 24.5 Å². The molecular formula is C16H23N3O2. The normalized spacial score (nSPS) is 14.4. The van der Waals surface area contributed by atoms with Crippen LogP contribution in [0.25, 0.3) is 11.1 Å². The Bertz CT molecular complexity index is 642. The number of aromatic nitrogens is 1. The lowest BCUT2D eigenvalue weighted by molar-refractivity contribution is -0.124. The topological polar surface area (TPSA) is 81.2 Å². The van der Waals surface area contributed by atoms with Gasteiger partial charge in [0.15, 0.2) is 11.5 Å². The van der Waals surface area contributed by atoms with Crippen LogP contribution in [0.3, 0.4) is 0 Å². The van der Waals surface area contributed by atoms with E-state index in [1.54, 1.807) is 0 Å². The molecule has 0 fully saturated rings. The van der Waals surface area contributed by atoms with Gasteiger partial charge in [-0.15, -0.1) is 0 Å². The number of nitrogens with zero attached hydrogens (tertiary/aromatic N) is 1. The standard InChI is InChI=1S/C16H23N3O2/c1-5-16(4,9-17)15(20)18-11-6-7-13-12(8-11)19-14(21-13)10(2)3/h6-8,10H,5,9,17H2,1-4H3,(H,18,20). The zero-order valence-electron chi connectivity index (χ0n) is 13.1. The highest BCUT2D eigenvalue weighted by atomic mass is 16.3. The van der Waals surface area contributed by atoms with Crippen LogP contribution < -0.4 is 11.1 Å². The van der Waals surface area contributed by atoms with E-state index in [-0.39, 0.29) is 11.8 Å². The minimum atomic E-state index is -0.554. The molecule has 0 spiro atoms. The van der Waals surface area contributed by atoms with Crippen molar-refractivity contribution in [1.29, 1.82) is 0 Å². The molecule has 0 aliphatic heterocycles. The zero-order valence-corrected chi connectivity index (χ0v) is 13.1. The molecule has 0 bridgehead atoms. The number of oxazole rings is 1. The summed E-state index contributed by atoms with van der Waals surface area (Å²) in [6.07, 6.45) is 0.693. The molecule has 21 heavy (non-hydrogen) atoms. The summed E-state index contributed by atoms with van der Waals surface area (Å²) in [5, 5.41) is 2.91. The second-order valence-corrected chi connectivity index (χ2v) is 5.96. The van der Waals surface area contributed by atoms with Crippen molar-refractivity contribution in [2.75, 3.05) is 11.9 Å². The predicted octanol–water partition coefficient (Wildman–Crippen LogP) is 3.26. The summed E-state index contributed by atoms with van der Waals surface area (Å²) in [4.78, 5) is 16.8. The van der Waals surface area contributed by atoms with Gasteiger partial charge in [0.25, 0.3) is 0 Å². The van der Waals surface area contributed by atoms with Crippen LogP contribution in [0.2, 0.25) is 0 Å². The average molecular weight is 289 g/mol. The van der Waals surface area contributed by atoms with Crippen LogP contribution in [0.1, 0.15) is 45.9 Å². The Balaban J connectivity index is 2.25. The molecule has 2 aromatic rings. The van der Waals surface area contributed by atoms with E-state index in [4.69, 9.17) is 10.2 Å². The maximum absolute atomic E-state index is 12.3. The lowest BCUT2D eigenvalue weighted by Gasteiger charge is -2.24. The van der Waals surface area contributed by atoms with E-state index in [1.807, 2.05) is 45.9 Å². The van der Waals surface area contributed by atoms with Crippen molar-refractivity contribution in [3.63, 3.8) is 0 Å². The molecule has 1 aromatic carbocycles. The zero-order chi connectivity index (χ0) is 15.6. The molecule has 1 atom stereocenters. The van der Waals surface area contributed by atoms with E-state index in [2.05, 4.69) is 10.3 Å². The monoisotopic (exact) mass is 289 g/mol. The molecule has 0 saturated heterocycles. The van der Waals surface area contributed by atoms with Crippen LogP contribution >= 0.6 is 0 Å². The number of hydrogen-bond donors (Lipinski definition) is 2. The van der Waals surface area contributed by atoms with Gasteiger partial charge >= 0.3 is 0 Å². The predicted molar refractivity (Wildman–Crippen MR) is 84.2 cm³/mol. The molecule has 5 nitrogen and oxygen atoms in total. The largest absolute Gasteiger partial charge is 0.440 e. The molecular weight excluding hydrogens is 266 g/mol. The number of fused-ring (bicyclic) bond motifs is 1. The lowest BCUT2D eigenvalue weighted by Crippen LogP contribution is -2.39. The van der Waals surface area contributed by atoms with Crippen LogP contribution in [0.4, 0.5) is 5.69 Å². The van der Waals surface area contributed by atoms with Gasteiger partial charge in [-0.05, 0) is 31.5 Å². The average Bonchev–Trinajstić information content (AvgIpc) is 2.89. The van der Waals surface area contributed by atoms with Crippen molar-refractivity contribution in [2.45, 2.75) is 40.0 Å². The Hall–Kier alpha value is -1.88. The summed E-state index contributed by atoms with van der Waals surface area (Å²) in [5.74, 6) is 0.865. The van der Waals surface area contributed by atoms with E-state index >= 15 is 0 Å². The Kier molecular flexibility index (Phi) is 4.32. The Labute approximate surface area is 124 Å². The van der Waals surface area contributed by atoms with E-state index in [1.165, 1.54) is 0 Å². The van der Waals surface area contributed by atoms with Gasteiger partial charge < -0.3 is 15.5 Å². The highest BCUT2D eigenvalue weighted by Crippen LogP contribution is 2.26. The Morgan fingerprint density at radius 3 is 2.76 bits per heavy atom. The number of hydrogen-bond acceptors (Lipinski definition) is 4. The number of amides is 1. The number of rotatable bonds is 5. The fraction of sp³-hybridized carbons (Fsp3) is 0.500. The molecule has 0 aliphatic carbocycles. The van der Waals surface area contributed by atoms with Gasteiger partial charge in [0.2, 0.25) is 5.91 Å². The number of nitrogens with two attached hydrogens (primary N) is 1. The van der Waals surface area contributed by atoms with Crippen LogP contribution in [0.5, 0.6) is 0 Å². The summed E-state index contributed by atoms with van der Waals surface area (Å²) in [5.41, 5.74) is 7.35. The second kappa shape index (κ2) is 5.85. The second-order valence-electron chi connectivity index (χ2n) is 5.96. The SMILES string of the molecule is CCC(C)(CN)C(=O)Nc1ccc2oc(C(C)C)nc2c1. The first kappa shape index (κ1) is 15.5. The summed E-state index contributed by atoms with van der Waals surface area (Å²) < 4.78 is 5.66. The molecule has 114 valence electrons. The molecule has 1 amide bonds. The maximum atomic E-state index is 12.3. The van der Waals surface area contributed by atoms with Gasteiger partial charge in [-0.1, -0.05) is 20.8 Å². The first-order chi connectivity index (χ1) is 9.89. The first-order valence-corrected chi connectivity index (χ1v) is 7.31. The molecule has 3 N–H and O–H groups in total. The molecule has 0 aliphatic rings. The fourth-order valence-corrected chi connectivity index (χ4v) is 1.95. The Morgan fingerprint density at radius 2 is 2.19 bits per heavy atom. The molecule has 0 saturated carbocycles. The lowest BCUT2D eigenvalue weighted by atomic mass is 9.86. The van der Waals surface area contributed by atoms with Crippen molar-refractivity contribution >= 4 is 22.7 Å². The molecule has 1 aromatic heterocycles. The summed E-state index contributed by atoms with van der Waals surface area (Å²) in [7, 11) is 0. The Morgan fingerprint density at radius 1 is 1.48 bits per heavy atom. The van der Waals surface area contributed by atoms with Gasteiger partial charge in [0.05, 0.1) is 5.41 Å². The number of benzene rings is 1. The summed E-state index contributed by atoms with van der Waals surface area (Å²) in [6, 6.07) is 5.48. The molecule has 1 heterocycles. The summed E-state index contributed by atoms with van der Waals surface area (Å²) >= 11 is 0. The van der Waals surface area contributed by atoms with Crippen molar-refractivity contribution in [2.24, 2.45) is 11.1 Å². The van der Waals surface area contributed by atoms with Crippen molar-refractivity contribution < 1.29 is 9.21 Å². The quantitative estimate of drug-likeness (QED) is 0.885. The smallest absolute Gasteiger partial charge is 0.231 e. The maximum Gasteiger partial charge on any atom is 0.231 e. The fourth-order valence-electron chi connectivity index (χ4n) is 1.95. The minimum absolute atomic E-state index is 0.0700. The first-order valence-electron chi connectivity index (χ1n) is 7.31. The number of nitrogens with one attached hydrogen (secondary N) is 1.